The molecule has 4 nitrogen and oxygen atoms in total. The monoisotopic (exact) mass is 866 g/mol. The summed E-state index contributed by atoms with van der Waals surface area (Å²) in [5, 5.41) is 23.1. The number of rotatable bonds is 50. The Morgan fingerprint density at radius 3 is 1.03 bits per heavy atom. The first-order valence-corrected chi connectivity index (χ1v) is 27.5. The van der Waals surface area contributed by atoms with Crippen LogP contribution in [-0.2, 0) is 4.79 Å². The molecule has 0 rings (SSSR count). The maximum Gasteiger partial charge on any atom is 0.220 e. The minimum atomic E-state index is -0.875. The number of aliphatic hydroxyl groups is 2. The fourth-order valence-electron chi connectivity index (χ4n) is 8.24. The van der Waals surface area contributed by atoms with E-state index in [0.29, 0.717) is 6.42 Å². The van der Waals surface area contributed by atoms with E-state index in [1.807, 2.05) is 6.08 Å². The largest absolute Gasteiger partial charge is 0.394 e. The molecule has 0 aliphatic rings. The summed E-state index contributed by atoms with van der Waals surface area (Å²) >= 11 is 0. The minimum Gasteiger partial charge on any atom is -0.394 e. The maximum absolute atomic E-state index is 12.5. The molecule has 0 spiro atoms. The molecule has 0 aromatic rings. The molecule has 0 saturated carbocycles. The first kappa shape index (κ1) is 60.1. The first-order chi connectivity index (χ1) is 30.7. The van der Waals surface area contributed by atoms with Crippen LogP contribution in [0.15, 0.2) is 60.8 Å². The first-order valence-electron chi connectivity index (χ1n) is 27.5. The van der Waals surface area contributed by atoms with Crippen molar-refractivity contribution in [1.29, 1.82) is 0 Å². The molecule has 4 heteroatoms. The van der Waals surface area contributed by atoms with Gasteiger partial charge in [-0.25, -0.2) is 0 Å². The van der Waals surface area contributed by atoms with Crippen LogP contribution < -0.4 is 5.32 Å². The summed E-state index contributed by atoms with van der Waals surface area (Å²) in [5.74, 6) is -0.0811. The van der Waals surface area contributed by atoms with Crippen molar-refractivity contribution in [2.45, 2.75) is 296 Å². The topological polar surface area (TPSA) is 69.6 Å². The van der Waals surface area contributed by atoms with E-state index in [-0.39, 0.29) is 12.5 Å². The number of aliphatic hydroxyl groups excluding tert-OH is 2. The van der Waals surface area contributed by atoms with Crippen LogP contribution in [0.4, 0.5) is 0 Å². The van der Waals surface area contributed by atoms with E-state index in [0.717, 1.165) is 44.9 Å². The fraction of sp³-hybridized carbons (Fsp3) is 0.810. The van der Waals surface area contributed by atoms with Crippen molar-refractivity contribution in [3.8, 4) is 0 Å². The predicted octanol–water partition coefficient (Wildman–Crippen LogP) is 18.0. The van der Waals surface area contributed by atoms with Crippen molar-refractivity contribution < 1.29 is 15.0 Å². The van der Waals surface area contributed by atoms with Crippen LogP contribution in [0.25, 0.3) is 0 Å². The molecule has 0 bridgehead atoms. The molecular formula is C58H107NO3. The van der Waals surface area contributed by atoms with Gasteiger partial charge < -0.3 is 15.5 Å². The third-order valence-corrected chi connectivity index (χ3v) is 12.5. The molecule has 0 aromatic heterocycles. The standard InChI is InChI=1S/C58H107NO3/c1-3-5-7-9-11-13-15-17-19-21-23-25-27-29-31-33-35-37-39-41-43-45-47-49-51-53-57(61)56(55-60)59-58(62)54-52-50-48-46-44-42-40-38-36-34-32-30-28-26-24-22-20-18-16-14-12-10-8-6-4-2/h24,26,30,32,35,37,43,45,51,53,56-57,60-61H,3-23,25,27-29,31,33-34,36,38-42,44,46-50,52,54-55H2,1-2H3,(H,59,62)/b26-24-,32-30-,37-35+,45-43+,53-51+. The van der Waals surface area contributed by atoms with Gasteiger partial charge in [0.2, 0.25) is 5.91 Å². The molecule has 0 saturated heterocycles. The SMILES string of the molecule is CCCCCCCCCCC/C=C\C/C=C\CCCCCCCCCCCC(=O)NC(CO)C(O)/C=C/CC/C=C/CC/C=C/CCCCCCCCCCCCCCCCC. The van der Waals surface area contributed by atoms with Gasteiger partial charge in [-0.15, -0.1) is 0 Å². The van der Waals surface area contributed by atoms with Crippen molar-refractivity contribution in [3.05, 3.63) is 60.8 Å². The minimum absolute atomic E-state index is 0.0811. The molecule has 3 N–H and O–H groups in total. The summed E-state index contributed by atoms with van der Waals surface area (Å²) in [4.78, 5) is 12.5. The van der Waals surface area contributed by atoms with E-state index < -0.39 is 12.1 Å². The van der Waals surface area contributed by atoms with Crippen LogP contribution in [0.2, 0.25) is 0 Å². The Labute approximate surface area is 387 Å². The molecule has 0 aromatic carbocycles. The molecule has 62 heavy (non-hydrogen) atoms. The fourth-order valence-corrected chi connectivity index (χ4v) is 8.24. The molecule has 0 fully saturated rings. The number of hydrogen-bond acceptors (Lipinski definition) is 3. The van der Waals surface area contributed by atoms with Crippen molar-refractivity contribution in [1.82, 2.24) is 5.32 Å². The molecule has 1 amide bonds. The van der Waals surface area contributed by atoms with Gasteiger partial charge in [-0.1, -0.05) is 261 Å². The van der Waals surface area contributed by atoms with Crippen molar-refractivity contribution in [2.24, 2.45) is 0 Å². The Hall–Kier alpha value is -1.91. The molecule has 362 valence electrons. The van der Waals surface area contributed by atoms with Gasteiger partial charge >= 0.3 is 0 Å². The summed E-state index contributed by atoms with van der Waals surface area (Å²) in [6.07, 6.45) is 75.2. The third kappa shape index (κ3) is 49.1. The van der Waals surface area contributed by atoms with Gasteiger partial charge in [0.05, 0.1) is 18.8 Å². The van der Waals surface area contributed by atoms with E-state index in [1.54, 1.807) is 6.08 Å². The quantitative estimate of drug-likeness (QED) is 0.0421. The maximum atomic E-state index is 12.5. The van der Waals surface area contributed by atoms with E-state index in [1.165, 1.54) is 218 Å². The zero-order valence-electron chi connectivity index (χ0n) is 41.6. The summed E-state index contributed by atoms with van der Waals surface area (Å²) in [7, 11) is 0. The Kier molecular flexibility index (Phi) is 51.8. The van der Waals surface area contributed by atoms with Gasteiger partial charge in [0.1, 0.15) is 0 Å². The highest BCUT2D eigenvalue weighted by Gasteiger charge is 2.17. The van der Waals surface area contributed by atoms with E-state index in [4.69, 9.17) is 0 Å². The predicted molar refractivity (Wildman–Crippen MR) is 276 cm³/mol. The Bertz CT molecular complexity index is 1030. The lowest BCUT2D eigenvalue weighted by molar-refractivity contribution is -0.123. The molecule has 0 aliphatic carbocycles. The van der Waals surface area contributed by atoms with Crippen LogP contribution in [0, 0.1) is 0 Å². The van der Waals surface area contributed by atoms with Crippen LogP contribution in [-0.4, -0.2) is 34.9 Å². The van der Waals surface area contributed by atoms with Gasteiger partial charge in [0.15, 0.2) is 0 Å². The van der Waals surface area contributed by atoms with E-state index >= 15 is 0 Å². The number of amides is 1. The molecule has 2 atom stereocenters. The molecule has 2 unspecified atom stereocenters. The van der Waals surface area contributed by atoms with Gasteiger partial charge in [0.25, 0.3) is 0 Å². The summed E-state index contributed by atoms with van der Waals surface area (Å²) in [6.45, 7) is 4.31. The van der Waals surface area contributed by atoms with Gasteiger partial charge in [-0.3, -0.25) is 4.79 Å². The zero-order chi connectivity index (χ0) is 44.9. The van der Waals surface area contributed by atoms with E-state index in [2.05, 4.69) is 67.8 Å². The number of unbranched alkanes of at least 4 members (excludes halogenated alkanes) is 35. The molecule has 0 aliphatic heterocycles. The van der Waals surface area contributed by atoms with E-state index in [9.17, 15) is 15.0 Å². The van der Waals surface area contributed by atoms with Crippen molar-refractivity contribution >= 4 is 5.91 Å². The lowest BCUT2D eigenvalue weighted by Gasteiger charge is -2.19. The second-order valence-corrected chi connectivity index (χ2v) is 18.6. The highest BCUT2D eigenvalue weighted by atomic mass is 16.3. The normalized spacial score (nSPS) is 13.3. The summed E-state index contributed by atoms with van der Waals surface area (Å²) in [6, 6.07) is -0.651. The zero-order valence-corrected chi connectivity index (χ0v) is 41.6. The van der Waals surface area contributed by atoms with Gasteiger partial charge in [-0.05, 0) is 77.0 Å². The average molecular weight is 866 g/mol. The number of carbonyl (C=O) groups excluding carboxylic acids is 1. The average Bonchev–Trinajstić information content (AvgIpc) is 3.28. The molecule has 0 heterocycles. The Morgan fingerprint density at radius 1 is 0.387 bits per heavy atom. The van der Waals surface area contributed by atoms with Crippen molar-refractivity contribution in [2.75, 3.05) is 6.61 Å². The van der Waals surface area contributed by atoms with Crippen LogP contribution >= 0.6 is 0 Å². The van der Waals surface area contributed by atoms with Crippen molar-refractivity contribution in [3.63, 3.8) is 0 Å². The molecule has 0 radical (unpaired) electrons. The third-order valence-electron chi connectivity index (χ3n) is 12.5. The van der Waals surface area contributed by atoms with Crippen LogP contribution in [0.1, 0.15) is 284 Å². The number of hydrogen-bond donors (Lipinski definition) is 3. The van der Waals surface area contributed by atoms with Crippen LogP contribution in [0.5, 0.6) is 0 Å². The second kappa shape index (κ2) is 53.4. The lowest BCUT2D eigenvalue weighted by Crippen LogP contribution is -2.45. The van der Waals surface area contributed by atoms with Gasteiger partial charge in [-0.2, -0.15) is 0 Å². The highest BCUT2D eigenvalue weighted by Crippen LogP contribution is 2.16. The van der Waals surface area contributed by atoms with Crippen LogP contribution in [0.3, 0.4) is 0 Å². The second-order valence-electron chi connectivity index (χ2n) is 18.6. The smallest absolute Gasteiger partial charge is 0.220 e. The van der Waals surface area contributed by atoms with Gasteiger partial charge in [0, 0.05) is 6.42 Å². The Balaban J connectivity index is 3.59. The lowest BCUT2D eigenvalue weighted by atomic mass is 10.0. The number of carbonyl (C=O) groups is 1. The summed E-state index contributed by atoms with van der Waals surface area (Å²) in [5.41, 5.74) is 0. The number of allylic oxidation sites excluding steroid dienone is 9. The summed E-state index contributed by atoms with van der Waals surface area (Å²) < 4.78 is 0. The highest BCUT2D eigenvalue weighted by molar-refractivity contribution is 5.76. The molecular weight excluding hydrogens is 759 g/mol. The number of nitrogens with one attached hydrogen (secondary N) is 1. The Morgan fingerprint density at radius 2 is 0.677 bits per heavy atom.